The van der Waals surface area contributed by atoms with E-state index in [1.54, 1.807) is 56.5 Å². The number of imidazole rings is 1. The summed E-state index contributed by atoms with van der Waals surface area (Å²) in [5.41, 5.74) is 2.63. The number of amides is 1. The molecule has 7 rings (SSSR count). The molecule has 4 aromatic carbocycles. The lowest BCUT2D eigenvalue weighted by Crippen LogP contribution is -2.42. The van der Waals surface area contributed by atoms with Gasteiger partial charge in [-0.05, 0) is 80.8 Å². The monoisotopic (exact) mass is 887 g/mol. The van der Waals surface area contributed by atoms with Crippen molar-refractivity contribution in [3.05, 3.63) is 156 Å². The highest BCUT2D eigenvalue weighted by Crippen LogP contribution is 2.51. The Morgan fingerprint density at radius 2 is 1.42 bits per heavy atom. The lowest BCUT2D eigenvalue weighted by Gasteiger charge is -2.39. The van der Waals surface area contributed by atoms with Gasteiger partial charge in [-0.15, -0.1) is 0 Å². The molecule has 0 radical (unpaired) electrons. The van der Waals surface area contributed by atoms with Gasteiger partial charge < -0.3 is 42.9 Å². The van der Waals surface area contributed by atoms with E-state index in [1.807, 2.05) is 84.9 Å². The van der Waals surface area contributed by atoms with E-state index in [-0.39, 0.29) is 43.6 Å². The first-order valence-corrected chi connectivity index (χ1v) is 22.2. The molecule has 1 amide bonds. The van der Waals surface area contributed by atoms with Crippen LogP contribution in [-0.2, 0) is 28.9 Å². The summed E-state index contributed by atoms with van der Waals surface area (Å²) in [6.07, 6.45) is -0.195. The number of nitrogens with zero attached hydrogens (tertiary/aromatic N) is 6. The highest BCUT2D eigenvalue weighted by Gasteiger charge is 2.51. The Kier molecular flexibility index (Phi) is 15.3. The first-order valence-electron chi connectivity index (χ1n) is 21.0. The summed E-state index contributed by atoms with van der Waals surface area (Å²) in [7, 11) is 3.11. The SMILES string of the molecule is [C-]#[N+]CCOP(O[C@@H]1C(OC)[C@H](n2cnc3c(NC(=O)c4ccccc4)ncnc32)O[C@@H]1COC(c1ccccc1)(c1ccc(OC)cc1)c1ccc(OC)cc1)N(C(C)C)C(C)C. The predicted molar refractivity (Wildman–Crippen MR) is 244 cm³/mol. The lowest BCUT2D eigenvalue weighted by molar-refractivity contribution is -0.0938. The molecule has 64 heavy (non-hydrogen) atoms. The van der Waals surface area contributed by atoms with Crippen molar-refractivity contribution in [3.8, 4) is 11.5 Å². The van der Waals surface area contributed by atoms with Crippen molar-refractivity contribution in [2.24, 2.45) is 0 Å². The minimum atomic E-state index is -1.77. The fourth-order valence-corrected chi connectivity index (χ4v) is 9.78. The first kappa shape index (κ1) is 46.2. The maximum Gasteiger partial charge on any atom is 0.259 e. The van der Waals surface area contributed by atoms with Gasteiger partial charge in [-0.2, -0.15) is 0 Å². The van der Waals surface area contributed by atoms with Crippen LogP contribution in [0.1, 0.15) is 61.0 Å². The van der Waals surface area contributed by atoms with Gasteiger partial charge in [0.15, 0.2) is 23.2 Å². The molecule has 16 heteroatoms. The van der Waals surface area contributed by atoms with Crippen molar-refractivity contribution < 1.29 is 37.5 Å². The number of carbonyl (C=O) groups excluding carboxylic acids is 1. The topological polar surface area (TPSA) is 145 Å². The zero-order valence-electron chi connectivity index (χ0n) is 37.0. The van der Waals surface area contributed by atoms with Crippen molar-refractivity contribution in [3.63, 3.8) is 0 Å². The minimum absolute atomic E-state index is 0.00254. The molecule has 0 spiro atoms. The molecule has 0 saturated carbocycles. The van der Waals surface area contributed by atoms with Gasteiger partial charge in [-0.1, -0.05) is 72.8 Å². The van der Waals surface area contributed by atoms with E-state index in [0.717, 1.165) is 16.7 Å². The standard InChI is InChI=1S/C48H54N7O8P/c1-32(2)55(33(3)4)64(61-28-27-49-5)63-42-40(62-47(43(42)59-8)54-31-52-41-44(50-30-51-45(41)54)53-46(56)34-15-11-9-12-16-34)29-60-48(35-17-13-10-14-18-35,36-19-23-38(57-6)24-20-36)37-21-25-39(58-7)26-22-37/h9-26,30-33,40,42-43,47H,27-29H2,1-4,6-8H3,(H,50,51,53,56)/t40-,42+,43?,47-,64?/m1/s1. The van der Waals surface area contributed by atoms with Crippen LogP contribution < -0.4 is 14.8 Å². The summed E-state index contributed by atoms with van der Waals surface area (Å²) in [6, 6.07) is 34.6. The second kappa shape index (κ2) is 21.2. The average molecular weight is 888 g/mol. The molecule has 1 N–H and O–H groups in total. The number of rotatable bonds is 20. The summed E-state index contributed by atoms with van der Waals surface area (Å²) in [5.74, 6) is 1.30. The molecule has 0 aliphatic carbocycles. The van der Waals surface area contributed by atoms with Crippen molar-refractivity contribution in [2.75, 3.05) is 46.4 Å². The highest BCUT2D eigenvalue weighted by molar-refractivity contribution is 7.44. The Morgan fingerprint density at radius 3 is 1.98 bits per heavy atom. The van der Waals surface area contributed by atoms with Crippen molar-refractivity contribution in [2.45, 2.75) is 69.9 Å². The molecule has 1 fully saturated rings. The van der Waals surface area contributed by atoms with E-state index < -0.39 is 38.7 Å². The zero-order valence-corrected chi connectivity index (χ0v) is 37.9. The summed E-state index contributed by atoms with van der Waals surface area (Å²) in [6.45, 7) is 16.2. The van der Waals surface area contributed by atoms with Crippen LogP contribution in [0.25, 0.3) is 16.0 Å². The van der Waals surface area contributed by atoms with Gasteiger partial charge in [0, 0.05) is 24.8 Å². The third-order valence-electron chi connectivity index (χ3n) is 11.0. The molecule has 6 aromatic rings. The molecule has 0 bridgehead atoms. The molecule has 5 atom stereocenters. The smallest absolute Gasteiger partial charge is 0.259 e. The van der Waals surface area contributed by atoms with E-state index in [1.165, 1.54) is 6.33 Å². The molecule has 1 aliphatic heterocycles. The minimum Gasteiger partial charge on any atom is -0.497 e. The van der Waals surface area contributed by atoms with E-state index in [9.17, 15) is 4.79 Å². The molecule has 1 saturated heterocycles. The summed E-state index contributed by atoms with van der Waals surface area (Å²) in [4.78, 5) is 30.5. The number of carbonyl (C=O) groups is 1. The number of methoxy groups -OCH3 is 3. The summed E-state index contributed by atoms with van der Waals surface area (Å²) >= 11 is 0. The normalized spacial score (nSPS) is 18.1. The molecule has 3 heterocycles. The lowest BCUT2D eigenvalue weighted by atomic mass is 9.80. The van der Waals surface area contributed by atoms with E-state index in [2.05, 4.69) is 57.5 Å². The molecule has 2 aromatic heterocycles. The highest BCUT2D eigenvalue weighted by atomic mass is 31.2. The first-order chi connectivity index (χ1) is 31.1. The van der Waals surface area contributed by atoms with Crippen LogP contribution in [-0.4, -0.2) is 102 Å². The number of aromatic nitrogens is 4. The van der Waals surface area contributed by atoms with E-state index in [4.69, 9.17) is 39.3 Å². The average Bonchev–Trinajstić information content (AvgIpc) is 3.91. The third-order valence-corrected chi connectivity index (χ3v) is 13.1. The van der Waals surface area contributed by atoms with Gasteiger partial charge >= 0.3 is 0 Å². The fourth-order valence-electron chi connectivity index (χ4n) is 8.02. The van der Waals surface area contributed by atoms with Crippen molar-refractivity contribution in [1.29, 1.82) is 0 Å². The Labute approximate surface area is 375 Å². The number of anilines is 1. The molecule has 334 valence electrons. The molecular weight excluding hydrogens is 834 g/mol. The van der Waals surface area contributed by atoms with Crippen molar-refractivity contribution in [1.82, 2.24) is 24.2 Å². The summed E-state index contributed by atoms with van der Waals surface area (Å²) in [5, 5.41) is 2.89. The van der Waals surface area contributed by atoms with E-state index >= 15 is 0 Å². The van der Waals surface area contributed by atoms with Crippen LogP contribution >= 0.6 is 8.53 Å². The predicted octanol–water partition coefficient (Wildman–Crippen LogP) is 8.68. The zero-order chi connectivity index (χ0) is 45.2. The van der Waals surface area contributed by atoms with Crippen LogP contribution in [0.15, 0.2) is 122 Å². The Bertz CT molecular complexity index is 2410. The van der Waals surface area contributed by atoms with Crippen LogP contribution in [0.3, 0.4) is 0 Å². The van der Waals surface area contributed by atoms with Gasteiger partial charge in [0.05, 0.1) is 27.2 Å². The molecule has 2 unspecified atom stereocenters. The number of hydrogen-bond acceptors (Lipinski definition) is 12. The number of benzene rings is 4. The van der Waals surface area contributed by atoms with Crippen molar-refractivity contribution >= 4 is 31.4 Å². The van der Waals surface area contributed by atoms with Gasteiger partial charge in [0.2, 0.25) is 6.54 Å². The van der Waals surface area contributed by atoms with Gasteiger partial charge in [-0.3, -0.25) is 9.36 Å². The Hall–Kier alpha value is -5.82. The van der Waals surface area contributed by atoms with E-state index in [0.29, 0.717) is 28.2 Å². The Balaban J connectivity index is 1.33. The molecule has 1 aliphatic rings. The van der Waals surface area contributed by atoms with Crippen LogP contribution in [0, 0.1) is 6.57 Å². The maximum atomic E-state index is 13.3. The van der Waals surface area contributed by atoms with Crippen LogP contribution in [0.2, 0.25) is 0 Å². The van der Waals surface area contributed by atoms with Crippen LogP contribution in [0.4, 0.5) is 5.82 Å². The molecule has 15 nitrogen and oxygen atoms in total. The summed E-state index contributed by atoms with van der Waals surface area (Å²) < 4.78 is 49.5. The van der Waals surface area contributed by atoms with Gasteiger partial charge in [0.1, 0.15) is 48.3 Å². The number of hydrogen-bond donors (Lipinski definition) is 1. The van der Waals surface area contributed by atoms with Gasteiger partial charge in [0.25, 0.3) is 14.4 Å². The van der Waals surface area contributed by atoms with Gasteiger partial charge in [-0.25, -0.2) is 26.2 Å². The second-order valence-electron chi connectivity index (χ2n) is 15.5. The third kappa shape index (κ3) is 9.79. The fraction of sp³-hybridized carbons (Fsp3) is 0.354. The quantitative estimate of drug-likeness (QED) is 0.0339. The number of fused-ring (bicyclic) bond motifs is 1. The molecular formula is C48H54N7O8P. The number of ether oxygens (including phenoxy) is 5. The number of nitrogens with one attached hydrogen (secondary N) is 1. The second-order valence-corrected chi connectivity index (χ2v) is 16.9. The van der Waals surface area contributed by atoms with Crippen LogP contribution in [0.5, 0.6) is 11.5 Å². The maximum absolute atomic E-state index is 13.3. The largest absolute Gasteiger partial charge is 0.497 e. The Morgan fingerprint density at radius 1 is 0.828 bits per heavy atom.